The predicted octanol–water partition coefficient (Wildman–Crippen LogP) is 4.73. The van der Waals surface area contributed by atoms with E-state index in [0.717, 1.165) is 12.0 Å². The first-order valence-electron chi connectivity index (χ1n) is 5.54. The van der Waals surface area contributed by atoms with Gasteiger partial charge in [-0.25, -0.2) is 0 Å². The molecule has 1 rings (SSSR count). The maximum atomic E-state index is 4.08. The lowest BCUT2D eigenvalue weighted by atomic mass is 9.83. The van der Waals surface area contributed by atoms with Gasteiger partial charge in [0.1, 0.15) is 0 Å². The predicted molar refractivity (Wildman–Crippen MR) is 68.8 cm³/mol. The fraction of sp³-hybridized carbons (Fsp3) is 0.333. The topological polar surface area (TPSA) is 0 Å². The fourth-order valence-electron chi connectivity index (χ4n) is 2.15. The summed E-state index contributed by atoms with van der Waals surface area (Å²) in [5.41, 5.74) is 5.32. The molecular weight excluding hydrogens is 180 g/mol. The van der Waals surface area contributed by atoms with Crippen molar-refractivity contribution in [3.63, 3.8) is 0 Å². The van der Waals surface area contributed by atoms with E-state index >= 15 is 0 Å². The summed E-state index contributed by atoms with van der Waals surface area (Å²) in [6.45, 7) is 12.0. The number of hydrogen-bond donors (Lipinski definition) is 0. The zero-order valence-corrected chi connectivity index (χ0v) is 9.84. The van der Waals surface area contributed by atoms with Crippen LogP contribution >= 0.6 is 0 Å². The van der Waals surface area contributed by atoms with Gasteiger partial charge in [-0.15, -0.1) is 0 Å². The van der Waals surface area contributed by atoms with Crippen LogP contribution in [0.3, 0.4) is 0 Å². The molecule has 0 aromatic rings. The zero-order chi connectivity index (χ0) is 11.3. The van der Waals surface area contributed by atoms with Crippen molar-refractivity contribution in [3.8, 4) is 0 Å². The zero-order valence-electron chi connectivity index (χ0n) is 9.84. The Labute approximate surface area is 93.4 Å². The Morgan fingerprint density at radius 3 is 2.60 bits per heavy atom. The Hall–Kier alpha value is -1.30. The van der Waals surface area contributed by atoms with E-state index in [-0.39, 0.29) is 0 Å². The van der Waals surface area contributed by atoms with Gasteiger partial charge in [0.15, 0.2) is 0 Å². The van der Waals surface area contributed by atoms with Crippen LogP contribution in [0.2, 0.25) is 0 Å². The van der Waals surface area contributed by atoms with Gasteiger partial charge < -0.3 is 0 Å². The summed E-state index contributed by atoms with van der Waals surface area (Å²) in [5.74, 6) is 0. The fourth-order valence-corrected chi connectivity index (χ4v) is 2.15. The molecule has 80 valence electrons. The molecule has 0 bridgehead atoms. The van der Waals surface area contributed by atoms with Crippen molar-refractivity contribution < 1.29 is 0 Å². The minimum absolute atomic E-state index is 1.15. The van der Waals surface area contributed by atoms with Crippen LogP contribution in [0.4, 0.5) is 0 Å². The van der Waals surface area contributed by atoms with Gasteiger partial charge in [-0.05, 0) is 49.8 Å². The van der Waals surface area contributed by atoms with Crippen LogP contribution in [0.5, 0.6) is 0 Å². The molecule has 0 aromatic heterocycles. The van der Waals surface area contributed by atoms with E-state index in [4.69, 9.17) is 0 Å². The first-order valence-corrected chi connectivity index (χ1v) is 5.54. The SMILES string of the molecule is C=C/C=C1\CCCC(/C=C/C)=C1C(=C)C. The highest BCUT2D eigenvalue weighted by molar-refractivity contribution is 5.53. The third-order valence-electron chi connectivity index (χ3n) is 2.65. The maximum absolute atomic E-state index is 4.08. The standard InChI is InChI=1S/C15H20/c1-5-8-13-10-7-11-14(9-6-2)15(13)12(3)4/h5-6,8-9H,1,3,7,10-11H2,2,4H3/b9-6+,13-8+. The van der Waals surface area contributed by atoms with E-state index in [0.29, 0.717) is 0 Å². The normalized spacial score (nSPS) is 20.0. The molecule has 0 N–H and O–H groups in total. The first-order chi connectivity index (χ1) is 7.20. The molecule has 0 heterocycles. The molecular formula is C15H20. The highest BCUT2D eigenvalue weighted by Gasteiger charge is 2.15. The second-order valence-electron chi connectivity index (χ2n) is 3.96. The van der Waals surface area contributed by atoms with Crippen molar-refractivity contribution in [2.75, 3.05) is 0 Å². The summed E-state index contributed by atoms with van der Waals surface area (Å²) in [6, 6.07) is 0. The van der Waals surface area contributed by atoms with Crippen LogP contribution in [-0.4, -0.2) is 0 Å². The van der Waals surface area contributed by atoms with Gasteiger partial charge in [-0.1, -0.05) is 43.0 Å². The number of allylic oxidation sites excluding steroid dienone is 8. The van der Waals surface area contributed by atoms with Crippen molar-refractivity contribution in [1.29, 1.82) is 0 Å². The van der Waals surface area contributed by atoms with Crippen molar-refractivity contribution in [1.82, 2.24) is 0 Å². The summed E-state index contributed by atoms with van der Waals surface area (Å²) in [4.78, 5) is 0. The molecule has 0 aromatic carbocycles. The van der Waals surface area contributed by atoms with Gasteiger partial charge in [0.05, 0.1) is 0 Å². The summed E-state index contributed by atoms with van der Waals surface area (Å²) in [5, 5.41) is 0. The second-order valence-corrected chi connectivity index (χ2v) is 3.96. The van der Waals surface area contributed by atoms with Gasteiger partial charge in [0, 0.05) is 0 Å². The third-order valence-corrected chi connectivity index (χ3v) is 2.65. The molecule has 0 heteroatoms. The smallest absolute Gasteiger partial charge is 0.0169 e. The monoisotopic (exact) mass is 200 g/mol. The van der Waals surface area contributed by atoms with E-state index in [9.17, 15) is 0 Å². The van der Waals surface area contributed by atoms with E-state index in [1.54, 1.807) is 0 Å². The van der Waals surface area contributed by atoms with Crippen LogP contribution in [0.15, 0.2) is 59.8 Å². The van der Waals surface area contributed by atoms with Crippen molar-refractivity contribution in [2.45, 2.75) is 33.1 Å². The van der Waals surface area contributed by atoms with Gasteiger partial charge >= 0.3 is 0 Å². The first kappa shape index (κ1) is 11.8. The number of hydrogen-bond acceptors (Lipinski definition) is 0. The summed E-state index contributed by atoms with van der Waals surface area (Å²) in [7, 11) is 0. The second kappa shape index (κ2) is 5.55. The largest absolute Gasteiger partial charge is 0.0991 e. The Morgan fingerprint density at radius 1 is 1.33 bits per heavy atom. The third kappa shape index (κ3) is 2.82. The Morgan fingerprint density at radius 2 is 2.07 bits per heavy atom. The van der Waals surface area contributed by atoms with Crippen LogP contribution in [0.25, 0.3) is 0 Å². The molecule has 1 aliphatic rings. The number of rotatable bonds is 3. The van der Waals surface area contributed by atoms with Gasteiger partial charge in [-0.2, -0.15) is 0 Å². The van der Waals surface area contributed by atoms with E-state index < -0.39 is 0 Å². The molecule has 0 radical (unpaired) electrons. The van der Waals surface area contributed by atoms with Crippen LogP contribution in [0.1, 0.15) is 33.1 Å². The molecule has 0 aliphatic heterocycles. The molecule has 0 saturated carbocycles. The van der Waals surface area contributed by atoms with Crippen molar-refractivity contribution in [3.05, 3.63) is 59.8 Å². The highest BCUT2D eigenvalue weighted by Crippen LogP contribution is 2.34. The summed E-state index contributed by atoms with van der Waals surface area (Å²) >= 11 is 0. The molecule has 0 atom stereocenters. The van der Waals surface area contributed by atoms with Crippen LogP contribution < -0.4 is 0 Å². The highest BCUT2D eigenvalue weighted by atomic mass is 14.2. The lowest BCUT2D eigenvalue weighted by molar-refractivity contribution is 0.780. The Kier molecular flexibility index (Phi) is 4.36. The molecule has 0 amide bonds. The lowest BCUT2D eigenvalue weighted by Gasteiger charge is -2.21. The quantitative estimate of drug-likeness (QED) is 0.617. The van der Waals surface area contributed by atoms with E-state index in [2.05, 4.69) is 45.2 Å². The molecule has 0 saturated heterocycles. The van der Waals surface area contributed by atoms with Gasteiger partial charge in [0.25, 0.3) is 0 Å². The minimum Gasteiger partial charge on any atom is -0.0991 e. The lowest BCUT2D eigenvalue weighted by Crippen LogP contribution is -2.02. The minimum atomic E-state index is 1.15. The summed E-state index contributed by atoms with van der Waals surface area (Å²) < 4.78 is 0. The maximum Gasteiger partial charge on any atom is -0.0169 e. The van der Waals surface area contributed by atoms with Crippen LogP contribution in [-0.2, 0) is 0 Å². The summed E-state index contributed by atoms with van der Waals surface area (Å²) in [6.07, 6.45) is 11.9. The van der Waals surface area contributed by atoms with Gasteiger partial charge in [0.2, 0.25) is 0 Å². The molecule has 0 nitrogen and oxygen atoms in total. The average Bonchev–Trinajstić information content (AvgIpc) is 2.18. The molecule has 1 aliphatic carbocycles. The van der Waals surface area contributed by atoms with E-state index in [1.165, 1.54) is 29.6 Å². The Balaban J connectivity index is 3.23. The average molecular weight is 200 g/mol. The Bertz CT molecular complexity index is 348. The molecule has 15 heavy (non-hydrogen) atoms. The molecule has 0 unspecified atom stereocenters. The van der Waals surface area contributed by atoms with Crippen molar-refractivity contribution in [2.24, 2.45) is 0 Å². The van der Waals surface area contributed by atoms with Crippen LogP contribution in [0, 0.1) is 0 Å². The van der Waals surface area contributed by atoms with E-state index in [1.807, 2.05) is 6.08 Å². The van der Waals surface area contributed by atoms with Crippen molar-refractivity contribution >= 4 is 0 Å². The van der Waals surface area contributed by atoms with Gasteiger partial charge in [-0.3, -0.25) is 0 Å². The molecule has 0 spiro atoms. The molecule has 0 fully saturated rings.